The maximum atomic E-state index is 12.7. The first kappa shape index (κ1) is 22.4. The van der Waals surface area contributed by atoms with Crippen molar-refractivity contribution in [1.29, 1.82) is 0 Å². The van der Waals surface area contributed by atoms with E-state index in [1.54, 1.807) is 17.0 Å². The number of carbonyl (C=O) groups is 2. The van der Waals surface area contributed by atoms with Crippen molar-refractivity contribution in [3.05, 3.63) is 24.3 Å². The Bertz CT molecular complexity index is 654. The van der Waals surface area contributed by atoms with Gasteiger partial charge in [-0.05, 0) is 69.0 Å². The summed E-state index contributed by atoms with van der Waals surface area (Å²) in [5.41, 5.74) is 0.609. The van der Waals surface area contributed by atoms with Crippen molar-refractivity contribution in [2.75, 3.05) is 24.5 Å². The van der Waals surface area contributed by atoms with E-state index >= 15 is 0 Å². The van der Waals surface area contributed by atoms with E-state index in [2.05, 4.69) is 15.4 Å². The van der Waals surface area contributed by atoms with Crippen molar-refractivity contribution in [3.8, 4) is 5.75 Å². The molecule has 28 heavy (non-hydrogen) atoms. The van der Waals surface area contributed by atoms with Gasteiger partial charge in [0.25, 0.3) is 0 Å². The number of ether oxygens (including phenoxy) is 1. The molecule has 2 atom stereocenters. The van der Waals surface area contributed by atoms with Gasteiger partial charge >= 0.3 is 6.61 Å². The fourth-order valence-corrected chi connectivity index (χ4v) is 3.64. The van der Waals surface area contributed by atoms with E-state index in [1.165, 1.54) is 12.1 Å². The van der Waals surface area contributed by atoms with Gasteiger partial charge in [-0.25, -0.2) is 0 Å². The van der Waals surface area contributed by atoms with E-state index in [0.717, 1.165) is 32.4 Å². The molecular formula is C19H26ClF2N3O3. The minimum atomic E-state index is -2.88. The van der Waals surface area contributed by atoms with Crippen LogP contribution in [0.3, 0.4) is 0 Å². The molecule has 0 aliphatic carbocycles. The van der Waals surface area contributed by atoms with E-state index in [4.69, 9.17) is 0 Å². The summed E-state index contributed by atoms with van der Waals surface area (Å²) in [4.78, 5) is 26.5. The molecule has 0 spiro atoms. The zero-order valence-corrected chi connectivity index (χ0v) is 16.4. The van der Waals surface area contributed by atoms with Crippen LogP contribution in [0, 0.1) is 5.92 Å². The number of nitrogens with one attached hydrogen (secondary N) is 2. The molecule has 0 aromatic heterocycles. The Kier molecular flexibility index (Phi) is 8.44. The highest BCUT2D eigenvalue weighted by molar-refractivity contribution is 5.99. The summed E-state index contributed by atoms with van der Waals surface area (Å²) in [6.45, 7) is -0.390. The maximum Gasteiger partial charge on any atom is 0.387 e. The van der Waals surface area contributed by atoms with Gasteiger partial charge in [-0.2, -0.15) is 8.78 Å². The molecule has 2 N–H and O–H groups in total. The molecule has 6 nitrogen and oxygen atoms in total. The Balaban J connectivity index is 0.00000280. The Morgan fingerprint density at radius 2 is 2.04 bits per heavy atom. The number of alkyl halides is 2. The number of carbonyl (C=O) groups excluding carboxylic acids is 2. The number of benzene rings is 1. The Morgan fingerprint density at radius 3 is 2.68 bits per heavy atom. The lowest BCUT2D eigenvalue weighted by Crippen LogP contribution is -2.52. The molecule has 1 aromatic carbocycles. The second-order valence-electron chi connectivity index (χ2n) is 7.02. The van der Waals surface area contributed by atoms with Gasteiger partial charge in [-0.15, -0.1) is 12.4 Å². The SMILES string of the molecule is Cl.O=C(CCC1CCNC1)NC1CCCN(c2ccc(OC(F)F)cc2)C1=O. The molecule has 0 bridgehead atoms. The summed E-state index contributed by atoms with van der Waals surface area (Å²) in [5.74, 6) is 0.315. The molecule has 9 heteroatoms. The second kappa shape index (κ2) is 10.6. The number of halogens is 3. The number of rotatable bonds is 7. The summed E-state index contributed by atoms with van der Waals surface area (Å²) in [5, 5.41) is 6.14. The fraction of sp³-hybridized carbons (Fsp3) is 0.579. The zero-order chi connectivity index (χ0) is 19.2. The molecule has 0 radical (unpaired) electrons. The van der Waals surface area contributed by atoms with Crippen molar-refractivity contribution in [3.63, 3.8) is 0 Å². The van der Waals surface area contributed by atoms with Gasteiger partial charge in [0.2, 0.25) is 11.8 Å². The lowest BCUT2D eigenvalue weighted by Gasteiger charge is -2.32. The van der Waals surface area contributed by atoms with Crippen molar-refractivity contribution in [2.24, 2.45) is 5.92 Å². The van der Waals surface area contributed by atoms with Crippen LogP contribution in [0.4, 0.5) is 14.5 Å². The summed E-state index contributed by atoms with van der Waals surface area (Å²) in [6, 6.07) is 5.43. The maximum absolute atomic E-state index is 12.7. The van der Waals surface area contributed by atoms with Gasteiger partial charge in [-0.1, -0.05) is 0 Å². The lowest BCUT2D eigenvalue weighted by molar-refractivity contribution is -0.128. The quantitative estimate of drug-likeness (QED) is 0.715. The monoisotopic (exact) mass is 417 g/mol. The van der Waals surface area contributed by atoms with E-state index in [0.29, 0.717) is 31.0 Å². The van der Waals surface area contributed by atoms with Crippen molar-refractivity contribution in [2.45, 2.75) is 44.8 Å². The van der Waals surface area contributed by atoms with Crippen LogP contribution in [-0.2, 0) is 9.59 Å². The highest BCUT2D eigenvalue weighted by atomic mass is 35.5. The van der Waals surface area contributed by atoms with Crippen LogP contribution in [0.2, 0.25) is 0 Å². The molecule has 2 aliphatic heterocycles. The van der Waals surface area contributed by atoms with Gasteiger partial charge in [0.15, 0.2) is 0 Å². The molecular weight excluding hydrogens is 392 g/mol. The molecule has 2 amide bonds. The van der Waals surface area contributed by atoms with E-state index in [-0.39, 0.29) is 30.0 Å². The third-order valence-corrected chi connectivity index (χ3v) is 5.09. The van der Waals surface area contributed by atoms with E-state index < -0.39 is 12.7 Å². The molecule has 0 saturated carbocycles. The average Bonchev–Trinajstić information content (AvgIpc) is 3.16. The van der Waals surface area contributed by atoms with Crippen LogP contribution < -0.4 is 20.3 Å². The summed E-state index contributed by atoms with van der Waals surface area (Å²) in [6.07, 6.45) is 3.72. The van der Waals surface area contributed by atoms with Crippen molar-refractivity contribution in [1.82, 2.24) is 10.6 Å². The van der Waals surface area contributed by atoms with Crippen molar-refractivity contribution < 1.29 is 23.1 Å². The fourth-order valence-electron chi connectivity index (χ4n) is 3.64. The molecule has 2 unspecified atom stereocenters. The zero-order valence-electron chi connectivity index (χ0n) is 15.5. The van der Waals surface area contributed by atoms with Gasteiger partial charge in [0.1, 0.15) is 11.8 Å². The standard InChI is InChI=1S/C19H25F2N3O3.ClH/c20-19(21)27-15-6-4-14(5-7-15)24-11-1-2-16(18(24)26)23-17(25)8-3-13-9-10-22-12-13;/h4-7,13,16,19,22H,1-3,8-12H2,(H,23,25);1H. The van der Waals surface area contributed by atoms with Crippen LogP contribution >= 0.6 is 12.4 Å². The van der Waals surface area contributed by atoms with Crippen LogP contribution in [0.5, 0.6) is 5.75 Å². The average molecular weight is 418 g/mol. The van der Waals surface area contributed by atoms with Gasteiger partial charge in [0.05, 0.1) is 0 Å². The topological polar surface area (TPSA) is 70.7 Å². The van der Waals surface area contributed by atoms with E-state index in [1.807, 2.05) is 0 Å². The second-order valence-corrected chi connectivity index (χ2v) is 7.02. The third kappa shape index (κ3) is 6.04. The van der Waals surface area contributed by atoms with Crippen LogP contribution in [0.1, 0.15) is 32.1 Å². The largest absolute Gasteiger partial charge is 0.435 e. The number of hydrogen-bond donors (Lipinski definition) is 2. The van der Waals surface area contributed by atoms with Crippen molar-refractivity contribution >= 4 is 29.9 Å². The number of piperidine rings is 1. The van der Waals surface area contributed by atoms with Crippen LogP contribution in [-0.4, -0.2) is 44.1 Å². The number of nitrogens with zero attached hydrogens (tertiary/aromatic N) is 1. The number of anilines is 1. The predicted octanol–water partition coefficient (Wildman–Crippen LogP) is 2.71. The van der Waals surface area contributed by atoms with Gasteiger partial charge < -0.3 is 20.3 Å². The first-order valence-electron chi connectivity index (χ1n) is 9.39. The molecule has 2 heterocycles. The molecule has 156 valence electrons. The van der Waals surface area contributed by atoms with Gasteiger partial charge in [-0.3, -0.25) is 9.59 Å². The van der Waals surface area contributed by atoms with Crippen LogP contribution in [0.15, 0.2) is 24.3 Å². The predicted molar refractivity (Wildman–Crippen MR) is 104 cm³/mol. The first-order chi connectivity index (χ1) is 13.0. The third-order valence-electron chi connectivity index (χ3n) is 5.09. The number of amides is 2. The summed E-state index contributed by atoms with van der Waals surface area (Å²) in [7, 11) is 0. The Hall–Kier alpha value is -1.93. The highest BCUT2D eigenvalue weighted by Crippen LogP contribution is 2.25. The lowest BCUT2D eigenvalue weighted by atomic mass is 10.0. The smallest absolute Gasteiger partial charge is 0.387 e. The van der Waals surface area contributed by atoms with Gasteiger partial charge in [0, 0.05) is 18.7 Å². The minimum Gasteiger partial charge on any atom is -0.435 e. The summed E-state index contributed by atoms with van der Waals surface area (Å²) >= 11 is 0. The first-order valence-corrected chi connectivity index (χ1v) is 9.39. The normalized spacial score (nSPS) is 22.1. The molecule has 2 fully saturated rings. The molecule has 2 saturated heterocycles. The molecule has 3 rings (SSSR count). The molecule has 1 aromatic rings. The summed E-state index contributed by atoms with van der Waals surface area (Å²) < 4.78 is 28.8. The minimum absolute atomic E-state index is 0. The Morgan fingerprint density at radius 1 is 1.29 bits per heavy atom. The Labute approximate surface area is 169 Å². The van der Waals surface area contributed by atoms with E-state index in [9.17, 15) is 18.4 Å². The molecule has 2 aliphatic rings. The highest BCUT2D eigenvalue weighted by Gasteiger charge is 2.31. The van der Waals surface area contributed by atoms with Crippen LogP contribution in [0.25, 0.3) is 0 Å². The number of hydrogen-bond acceptors (Lipinski definition) is 4.